The van der Waals surface area contributed by atoms with E-state index in [1.165, 1.54) is 0 Å². The maximum atomic E-state index is 12.1. The Balaban J connectivity index is 2.61. The molecule has 16 heavy (non-hydrogen) atoms. The van der Waals surface area contributed by atoms with E-state index in [1.807, 2.05) is 0 Å². The summed E-state index contributed by atoms with van der Waals surface area (Å²) in [4.78, 5) is 13.9. The van der Waals surface area contributed by atoms with E-state index in [2.05, 4.69) is 19.9 Å². The van der Waals surface area contributed by atoms with Gasteiger partial charge in [-0.15, -0.1) is 0 Å². The van der Waals surface area contributed by atoms with E-state index in [0.29, 0.717) is 38.5 Å². The van der Waals surface area contributed by atoms with Gasteiger partial charge in [-0.2, -0.15) is 5.26 Å². The summed E-state index contributed by atoms with van der Waals surface area (Å²) < 4.78 is 4.99. The number of nitriles is 1. The van der Waals surface area contributed by atoms with Gasteiger partial charge in [0.15, 0.2) is 0 Å². The van der Waals surface area contributed by atoms with Gasteiger partial charge in [-0.3, -0.25) is 4.79 Å². The summed E-state index contributed by atoms with van der Waals surface area (Å²) in [5.41, 5.74) is -0.706. The molecule has 0 radical (unpaired) electrons. The van der Waals surface area contributed by atoms with E-state index in [-0.39, 0.29) is 5.91 Å². The lowest BCUT2D eigenvalue weighted by Crippen LogP contribution is -2.41. The van der Waals surface area contributed by atoms with Gasteiger partial charge in [-0.05, 0) is 18.8 Å². The molecule has 1 aliphatic carbocycles. The number of hydrogen-bond acceptors (Lipinski definition) is 3. The summed E-state index contributed by atoms with van der Waals surface area (Å²) >= 11 is 0. The molecule has 0 N–H and O–H groups in total. The van der Waals surface area contributed by atoms with Gasteiger partial charge in [-0.25, -0.2) is 0 Å². The average molecular weight is 224 g/mol. The van der Waals surface area contributed by atoms with Crippen LogP contribution in [0.3, 0.4) is 0 Å². The van der Waals surface area contributed by atoms with Gasteiger partial charge in [-0.1, -0.05) is 13.8 Å². The third-order valence-corrected chi connectivity index (χ3v) is 2.81. The highest BCUT2D eigenvalue weighted by molar-refractivity contribution is 5.88. The summed E-state index contributed by atoms with van der Waals surface area (Å²) in [6, 6.07) is 2.15. The highest BCUT2D eigenvalue weighted by atomic mass is 16.5. The van der Waals surface area contributed by atoms with Crippen molar-refractivity contribution in [1.82, 2.24) is 4.90 Å². The molecule has 1 rings (SSSR count). The first-order valence-corrected chi connectivity index (χ1v) is 5.75. The van der Waals surface area contributed by atoms with Crippen molar-refractivity contribution in [2.24, 2.45) is 11.3 Å². The largest absolute Gasteiger partial charge is 0.383 e. The molecule has 0 heterocycles. The first-order chi connectivity index (χ1) is 7.55. The summed E-state index contributed by atoms with van der Waals surface area (Å²) in [6.07, 6.45) is 1.42. The highest BCUT2D eigenvalue weighted by Crippen LogP contribution is 2.46. The molecule has 0 spiro atoms. The molecule has 4 nitrogen and oxygen atoms in total. The lowest BCUT2D eigenvalue weighted by molar-refractivity contribution is -0.136. The van der Waals surface area contributed by atoms with Crippen molar-refractivity contribution >= 4 is 5.91 Å². The van der Waals surface area contributed by atoms with Crippen LogP contribution in [0.15, 0.2) is 0 Å². The Labute approximate surface area is 97.2 Å². The molecule has 0 aromatic heterocycles. The van der Waals surface area contributed by atoms with Gasteiger partial charge in [0.25, 0.3) is 0 Å². The number of carbonyl (C=O) groups is 1. The van der Waals surface area contributed by atoms with Crippen molar-refractivity contribution in [3.05, 3.63) is 0 Å². The van der Waals surface area contributed by atoms with E-state index in [0.717, 1.165) is 0 Å². The zero-order chi connectivity index (χ0) is 12.2. The van der Waals surface area contributed by atoms with Crippen molar-refractivity contribution in [2.75, 3.05) is 26.8 Å². The number of carbonyl (C=O) groups excluding carboxylic acids is 1. The monoisotopic (exact) mass is 224 g/mol. The van der Waals surface area contributed by atoms with E-state index >= 15 is 0 Å². The summed E-state index contributed by atoms with van der Waals surface area (Å²) in [7, 11) is 1.62. The van der Waals surface area contributed by atoms with Gasteiger partial charge in [0.05, 0.1) is 12.7 Å². The molecule has 0 saturated heterocycles. The van der Waals surface area contributed by atoms with Crippen molar-refractivity contribution in [3.8, 4) is 6.07 Å². The quantitative estimate of drug-likeness (QED) is 0.685. The van der Waals surface area contributed by atoms with Crippen LogP contribution in [0, 0.1) is 22.7 Å². The Bertz CT molecular complexity index is 290. The predicted molar refractivity (Wildman–Crippen MR) is 60.6 cm³/mol. The zero-order valence-corrected chi connectivity index (χ0v) is 10.3. The van der Waals surface area contributed by atoms with Gasteiger partial charge >= 0.3 is 0 Å². The standard InChI is InChI=1S/C12H20N2O2/c1-10(2)8-14(6-7-16-3)11(15)12(9-13)4-5-12/h10H,4-8H2,1-3H3. The predicted octanol–water partition coefficient (Wildman–Crippen LogP) is 1.42. The molecule has 0 unspecified atom stereocenters. The van der Waals surface area contributed by atoms with E-state index in [1.54, 1.807) is 12.0 Å². The van der Waals surface area contributed by atoms with Crippen LogP contribution in [0.5, 0.6) is 0 Å². The fraction of sp³-hybridized carbons (Fsp3) is 0.833. The second-order valence-corrected chi connectivity index (χ2v) is 4.83. The van der Waals surface area contributed by atoms with E-state index in [9.17, 15) is 4.79 Å². The normalized spacial score (nSPS) is 16.9. The second-order valence-electron chi connectivity index (χ2n) is 4.83. The number of ether oxygens (including phenoxy) is 1. The Morgan fingerprint density at radius 3 is 2.56 bits per heavy atom. The molecule has 1 amide bonds. The third kappa shape index (κ3) is 2.96. The summed E-state index contributed by atoms with van der Waals surface area (Å²) in [6.45, 7) is 5.95. The lowest BCUT2D eigenvalue weighted by Gasteiger charge is -2.26. The summed E-state index contributed by atoms with van der Waals surface area (Å²) in [5.74, 6) is 0.399. The van der Waals surface area contributed by atoms with Crippen LogP contribution in [-0.2, 0) is 9.53 Å². The van der Waals surface area contributed by atoms with Crippen molar-refractivity contribution < 1.29 is 9.53 Å². The molecule has 1 fully saturated rings. The maximum absolute atomic E-state index is 12.1. The number of methoxy groups -OCH3 is 1. The smallest absolute Gasteiger partial charge is 0.243 e. The van der Waals surface area contributed by atoms with Crippen LogP contribution in [0.4, 0.5) is 0 Å². The van der Waals surface area contributed by atoms with Gasteiger partial charge < -0.3 is 9.64 Å². The minimum Gasteiger partial charge on any atom is -0.383 e. The molecule has 0 bridgehead atoms. The molecule has 4 heteroatoms. The highest BCUT2D eigenvalue weighted by Gasteiger charge is 2.52. The lowest BCUT2D eigenvalue weighted by atomic mass is 10.1. The molecule has 90 valence electrons. The molecule has 0 aromatic rings. The Morgan fingerprint density at radius 1 is 1.56 bits per heavy atom. The molecular formula is C12H20N2O2. The number of rotatable bonds is 6. The van der Waals surface area contributed by atoms with Crippen molar-refractivity contribution in [2.45, 2.75) is 26.7 Å². The van der Waals surface area contributed by atoms with Crippen LogP contribution in [0.1, 0.15) is 26.7 Å². The molecule has 0 aromatic carbocycles. The van der Waals surface area contributed by atoms with Gasteiger partial charge in [0, 0.05) is 20.2 Å². The third-order valence-electron chi connectivity index (χ3n) is 2.81. The molecule has 0 atom stereocenters. The molecule has 1 saturated carbocycles. The maximum Gasteiger partial charge on any atom is 0.243 e. The van der Waals surface area contributed by atoms with Gasteiger partial charge in [0.1, 0.15) is 5.41 Å². The first-order valence-electron chi connectivity index (χ1n) is 5.75. The van der Waals surface area contributed by atoms with Crippen LogP contribution in [-0.4, -0.2) is 37.6 Å². The van der Waals surface area contributed by atoms with Crippen molar-refractivity contribution in [3.63, 3.8) is 0 Å². The molecule has 0 aliphatic heterocycles. The minimum absolute atomic E-state index is 0.0132. The number of hydrogen-bond donors (Lipinski definition) is 0. The van der Waals surface area contributed by atoms with Crippen LogP contribution in [0.25, 0.3) is 0 Å². The second kappa shape index (κ2) is 5.31. The van der Waals surface area contributed by atoms with Crippen LogP contribution >= 0.6 is 0 Å². The van der Waals surface area contributed by atoms with Crippen LogP contribution in [0.2, 0.25) is 0 Å². The minimum atomic E-state index is -0.706. The van der Waals surface area contributed by atoms with Crippen molar-refractivity contribution in [1.29, 1.82) is 5.26 Å². The SMILES string of the molecule is COCCN(CC(C)C)C(=O)C1(C#N)CC1. The summed E-state index contributed by atoms with van der Waals surface area (Å²) in [5, 5.41) is 9.01. The zero-order valence-electron chi connectivity index (χ0n) is 10.3. The first kappa shape index (κ1) is 13.0. The Kier molecular flexibility index (Phi) is 4.31. The topological polar surface area (TPSA) is 53.3 Å². The number of nitrogens with zero attached hydrogens (tertiary/aromatic N) is 2. The van der Waals surface area contributed by atoms with E-state index in [4.69, 9.17) is 10.00 Å². The molecular weight excluding hydrogens is 204 g/mol. The average Bonchev–Trinajstić information content (AvgIpc) is 3.03. The fourth-order valence-corrected chi connectivity index (χ4v) is 1.72. The number of amides is 1. The van der Waals surface area contributed by atoms with E-state index < -0.39 is 5.41 Å². The molecule has 1 aliphatic rings. The fourth-order valence-electron chi connectivity index (χ4n) is 1.72. The van der Waals surface area contributed by atoms with Crippen LogP contribution < -0.4 is 0 Å². The Hall–Kier alpha value is -1.08. The Morgan fingerprint density at radius 2 is 2.19 bits per heavy atom. The van der Waals surface area contributed by atoms with Gasteiger partial charge in [0.2, 0.25) is 5.91 Å².